The van der Waals surface area contributed by atoms with E-state index in [4.69, 9.17) is 14.2 Å². The van der Waals surface area contributed by atoms with Crippen LogP contribution in [0.2, 0.25) is 0 Å². The molecule has 0 heterocycles. The van der Waals surface area contributed by atoms with E-state index in [0.717, 1.165) is 122 Å². The molecule has 1 atom stereocenters. The van der Waals surface area contributed by atoms with Crippen LogP contribution in [-0.2, 0) is 28.6 Å². The van der Waals surface area contributed by atoms with E-state index in [0.29, 0.717) is 19.3 Å². The van der Waals surface area contributed by atoms with Gasteiger partial charge in [0, 0.05) is 19.3 Å². The molecule has 0 rings (SSSR count). The second kappa shape index (κ2) is 56.7. The van der Waals surface area contributed by atoms with Gasteiger partial charge in [0.25, 0.3) is 0 Å². The molecule has 0 bridgehead atoms. The lowest BCUT2D eigenvalue weighted by Crippen LogP contribution is -2.30. The Labute approximate surface area is 425 Å². The molecule has 0 aromatic rings. The molecule has 0 aliphatic heterocycles. The Hall–Kier alpha value is -3.93. The van der Waals surface area contributed by atoms with Crippen LogP contribution in [0.3, 0.4) is 0 Å². The quantitative estimate of drug-likeness (QED) is 0.0262. The number of carbonyl (C=O) groups excluding carboxylic acids is 3. The van der Waals surface area contributed by atoms with E-state index in [-0.39, 0.29) is 31.1 Å². The van der Waals surface area contributed by atoms with E-state index < -0.39 is 6.10 Å². The van der Waals surface area contributed by atoms with Crippen molar-refractivity contribution in [3.8, 4) is 0 Å². The molecule has 0 fully saturated rings. The minimum absolute atomic E-state index is 0.0793. The Bertz CT molecular complexity index is 1420. The Morgan fingerprint density at radius 3 is 0.884 bits per heavy atom. The molecule has 392 valence electrons. The summed E-state index contributed by atoms with van der Waals surface area (Å²) in [5, 5.41) is 0. The zero-order chi connectivity index (χ0) is 50.0. The molecule has 0 radical (unpaired) electrons. The maximum Gasteiger partial charge on any atom is 0.306 e. The SMILES string of the molecule is CC/C=C\C/C=C\C/C=C\C/C=C\C/C=C\C/C=C\C/C=C\C/C=C\C/C=C\CCCCCCCCCC(=O)OCC(COC(=O)CCCCCCCCC)OC(=O)CCCCCCCCCCC. The van der Waals surface area contributed by atoms with E-state index in [1.807, 2.05) is 0 Å². The Kier molecular flexibility index (Phi) is 53.4. The first-order chi connectivity index (χ1) is 34.0. The van der Waals surface area contributed by atoms with Crippen molar-refractivity contribution in [2.75, 3.05) is 13.2 Å². The van der Waals surface area contributed by atoms with Gasteiger partial charge in [0.15, 0.2) is 6.10 Å². The molecule has 0 N–H and O–H groups in total. The van der Waals surface area contributed by atoms with Crippen LogP contribution in [0.1, 0.15) is 252 Å². The molecule has 0 aliphatic rings. The van der Waals surface area contributed by atoms with Crippen molar-refractivity contribution in [1.82, 2.24) is 0 Å². The standard InChI is InChI=1S/C63H104O6/c1-4-7-10-13-16-18-19-20-21-22-23-24-25-26-27-28-29-30-31-32-33-34-35-36-37-38-39-40-41-42-43-45-47-50-53-56-62(65)68-59-60(58-67-61(64)55-52-49-46-15-12-9-6-3)69-63(66)57-54-51-48-44-17-14-11-8-5-2/h7,10,16,18,20-21,23-24,26-27,29-30,32-33,35-36,38-39,60H,4-6,8-9,11-15,17,19,22,25,28,31,34,37,40-59H2,1-3H3/b10-7-,18-16-,21-20-,24-23-,27-26-,30-29-,33-32-,36-35-,39-38-. The average Bonchev–Trinajstić information content (AvgIpc) is 3.35. The van der Waals surface area contributed by atoms with E-state index in [1.54, 1.807) is 0 Å². The van der Waals surface area contributed by atoms with Crippen LogP contribution in [-0.4, -0.2) is 37.2 Å². The summed E-state index contributed by atoms with van der Waals surface area (Å²) in [6.45, 7) is 6.44. The lowest BCUT2D eigenvalue weighted by Gasteiger charge is -2.18. The third-order valence-electron chi connectivity index (χ3n) is 11.8. The van der Waals surface area contributed by atoms with Gasteiger partial charge in [-0.2, -0.15) is 0 Å². The fourth-order valence-corrected chi connectivity index (χ4v) is 7.55. The topological polar surface area (TPSA) is 78.9 Å². The van der Waals surface area contributed by atoms with Gasteiger partial charge in [-0.3, -0.25) is 14.4 Å². The van der Waals surface area contributed by atoms with Crippen LogP contribution in [0.5, 0.6) is 0 Å². The Morgan fingerprint density at radius 2 is 0.565 bits per heavy atom. The zero-order valence-electron chi connectivity index (χ0n) is 44.8. The summed E-state index contributed by atoms with van der Waals surface area (Å²) in [7, 11) is 0. The monoisotopic (exact) mass is 957 g/mol. The highest BCUT2D eigenvalue weighted by Crippen LogP contribution is 2.14. The highest BCUT2D eigenvalue weighted by molar-refractivity contribution is 5.71. The normalized spacial score (nSPS) is 12.9. The number of hydrogen-bond donors (Lipinski definition) is 0. The molecule has 1 unspecified atom stereocenters. The van der Waals surface area contributed by atoms with Crippen molar-refractivity contribution in [2.45, 2.75) is 258 Å². The average molecular weight is 958 g/mol. The smallest absolute Gasteiger partial charge is 0.306 e. The van der Waals surface area contributed by atoms with Gasteiger partial charge in [-0.25, -0.2) is 0 Å². The summed E-state index contributed by atoms with van der Waals surface area (Å²) in [5.41, 5.74) is 0. The minimum Gasteiger partial charge on any atom is -0.462 e. The minimum atomic E-state index is -0.776. The largest absolute Gasteiger partial charge is 0.462 e. The van der Waals surface area contributed by atoms with Crippen molar-refractivity contribution in [3.63, 3.8) is 0 Å². The van der Waals surface area contributed by atoms with Crippen molar-refractivity contribution in [2.24, 2.45) is 0 Å². The van der Waals surface area contributed by atoms with Gasteiger partial charge in [-0.15, -0.1) is 0 Å². The third kappa shape index (κ3) is 54.9. The zero-order valence-corrected chi connectivity index (χ0v) is 44.8. The summed E-state index contributed by atoms with van der Waals surface area (Å²) in [6, 6.07) is 0. The summed E-state index contributed by atoms with van der Waals surface area (Å²) in [6.07, 6.45) is 76.9. The second-order valence-corrected chi connectivity index (χ2v) is 18.5. The van der Waals surface area contributed by atoms with E-state index >= 15 is 0 Å². The molecule has 0 aromatic heterocycles. The molecule has 0 aromatic carbocycles. The molecule has 0 saturated heterocycles. The number of unbranched alkanes of at least 4 members (excludes halogenated alkanes) is 21. The molecular weight excluding hydrogens is 853 g/mol. The van der Waals surface area contributed by atoms with Crippen LogP contribution >= 0.6 is 0 Å². The van der Waals surface area contributed by atoms with Crippen LogP contribution in [0.25, 0.3) is 0 Å². The highest BCUT2D eigenvalue weighted by atomic mass is 16.6. The number of esters is 3. The van der Waals surface area contributed by atoms with Crippen LogP contribution in [0, 0.1) is 0 Å². The summed E-state index contributed by atoms with van der Waals surface area (Å²) in [4.78, 5) is 37.7. The van der Waals surface area contributed by atoms with Gasteiger partial charge in [0.2, 0.25) is 0 Å². The predicted molar refractivity (Wildman–Crippen MR) is 297 cm³/mol. The van der Waals surface area contributed by atoms with Crippen molar-refractivity contribution in [1.29, 1.82) is 0 Å². The fourth-order valence-electron chi connectivity index (χ4n) is 7.55. The number of hydrogen-bond acceptors (Lipinski definition) is 6. The Balaban J connectivity index is 4.06. The molecule has 0 saturated carbocycles. The van der Waals surface area contributed by atoms with Gasteiger partial charge < -0.3 is 14.2 Å². The van der Waals surface area contributed by atoms with Crippen molar-refractivity contribution in [3.05, 3.63) is 109 Å². The van der Waals surface area contributed by atoms with Gasteiger partial charge >= 0.3 is 17.9 Å². The highest BCUT2D eigenvalue weighted by Gasteiger charge is 2.19. The summed E-state index contributed by atoms with van der Waals surface area (Å²) >= 11 is 0. The van der Waals surface area contributed by atoms with E-state index in [1.165, 1.54) is 89.9 Å². The molecule has 6 heteroatoms. The number of allylic oxidation sites excluding steroid dienone is 18. The van der Waals surface area contributed by atoms with Crippen LogP contribution < -0.4 is 0 Å². The van der Waals surface area contributed by atoms with E-state index in [9.17, 15) is 14.4 Å². The molecule has 69 heavy (non-hydrogen) atoms. The van der Waals surface area contributed by atoms with Crippen molar-refractivity contribution >= 4 is 17.9 Å². The van der Waals surface area contributed by atoms with Crippen LogP contribution in [0.15, 0.2) is 109 Å². The maximum atomic E-state index is 12.7. The molecule has 6 nitrogen and oxygen atoms in total. The summed E-state index contributed by atoms with van der Waals surface area (Å²) in [5.74, 6) is -0.903. The first kappa shape index (κ1) is 65.1. The fraction of sp³-hybridized carbons (Fsp3) is 0.667. The predicted octanol–water partition coefficient (Wildman–Crippen LogP) is 19.1. The lowest BCUT2D eigenvalue weighted by molar-refractivity contribution is -0.167. The second-order valence-electron chi connectivity index (χ2n) is 18.5. The number of ether oxygens (including phenoxy) is 3. The van der Waals surface area contributed by atoms with E-state index in [2.05, 4.69) is 130 Å². The van der Waals surface area contributed by atoms with Crippen LogP contribution in [0.4, 0.5) is 0 Å². The van der Waals surface area contributed by atoms with Gasteiger partial charge in [0.1, 0.15) is 13.2 Å². The summed E-state index contributed by atoms with van der Waals surface area (Å²) < 4.78 is 16.7. The Morgan fingerprint density at radius 1 is 0.304 bits per heavy atom. The van der Waals surface area contributed by atoms with Gasteiger partial charge in [0.05, 0.1) is 0 Å². The third-order valence-corrected chi connectivity index (χ3v) is 11.8. The van der Waals surface area contributed by atoms with Crippen molar-refractivity contribution < 1.29 is 28.6 Å². The number of rotatable bonds is 50. The maximum absolute atomic E-state index is 12.7. The first-order valence-electron chi connectivity index (χ1n) is 28.4. The van der Waals surface area contributed by atoms with Gasteiger partial charge in [-0.1, -0.05) is 252 Å². The first-order valence-corrected chi connectivity index (χ1v) is 28.4. The molecular formula is C63H104O6. The molecule has 0 amide bonds. The van der Waals surface area contributed by atoms with Gasteiger partial charge in [-0.05, 0) is 89.9 Å². The molecule has 0 aliphatic carbocycles. The number of carbonyl (C=O) groups is 3. The molecule has 0 spiro atoms. The lowest BCUT2D eigenvalue weighted by atomic mass is 10.1.